The van der Waals surface area contributed by atoms with Crippen LogP contribution in [0.1, 0.15) is 10.4 Å². The van der Waals surface area contributed by atoms with Crippen molar-refractivity contribution < 1.29 is 9.90 Å². The van der Waals surface area contributed by atoms with E-state index in [9.17, 15) is 9.90 Å². The van der Waals surface area contributed by atoms with Crippen molar-refractivity contribution in [1.29, 1.82) is 10.7 Å². The van der Waals surface area contributed by atoms with Crippen molar-refractivity contribution in [3.63, 3.8) is 0 Å². The van der Waals surface area contributed by atoms with E-state index in [0.29, 0.717) is 16.8 Å². The lowest BCUT2D eigenvalue weighted by atomic mass is 9.98. The number of aromatic carboxylic acids is 1. The maximum Gasteiger partial charge on any atom is 0.336 e. The second kappa shape index (κ2) is 6.87. The summed E-state index contributed by atoms with van der Waals surface area (Å²) in [7, 11) is 0. The zero-order valence-electron chi connectivity index (χ0n) is 11.9. The fraction of sp³-hybridized carbons (Fsp3) is 0. The zero-order valence-corrected chi connectivity index (χ0v) is 11.9. The van der Waals surface area contributed by atoms with Gasteiger partial charge in [-0.15, -0.1) is 0 Å². The van der Waals surface area contributed by atoms with Gasteiger partial charge in [-0.05, 0) is 17.7 Å². The number of amidine groups is 1. The molecule has 0 aliphatic heterocycles. The number of carbonyl (C=O) groups is 1. The third-order valence-corrected chi connectivity index (χ3v) is 3.01. The molecule has 2 aromatic carbocycles. The normalized spacial score (nSPS) is 10.7. The lowest BCUT2D eigenvalue weighted by molar-refractivity contribution is 0.0698. The van der Waals surface area contributed by atoms with Gasteiger partial charge in [-0.25, -0.2) is 4.79 Å². The van der Waals surface area contributed by atoms with E-state index >= 15 is 0 Å². The Labute approximate surface area is 132 Å². The Bertz CT molecular complexity index is 822. The van der Waals surface area contributed by atoms with E-state index in [2.05, 4.69) is 10.5 Å². The number of carboxylic acid groups (broad SMARTS) is 1. The molecule has 114 valence electrons. The Balaban J connectivity index is 2.57. The van der Waals surface area contributed by atoms with Crippen molar-refractivity contribution in [2.45, 2.75) is 0 Å². The first-order chi connectivity index (χ1) is 11.0. The molecule has 5 N–H and O–H groups in total. The van der Waals surface area contributed by atoms with Crippen LogP contribution in [0.25, 0.3) is 11.1 Å². The SMILES string of the molecule is N#C/C(=N\Nc1cccc(C(=O)O)c1-c1ccccc1)C(=N)N. The Morgan fingerprint density at radius 1 is 1.22 bits per heavy atom. The van der Waals surface area contributed by atoms with Gasteiger partial charge in [0.1, 0.15) is 6.07 Å². The predicted molar refractivity (Wildman–Crippen MR) is 87.4 cm³/mol. The summed E-state index contributed by atoms with van der Waals surface area (Å²) in [5.41, 5.74) is 9.18. The molecule has 0 aliphatic carbocycles. The number of nitrogens with zero attached hydrogens (tertiary/aromatic N) is 2. The van der Waals surface area contributed by atoms with Crippen LogP contribution in [0.4, 0.5) is 5.69 Å². The monoisotopic (exact) mass is 307 g/mol. The predicted octanol–water partition coefficient (Wildman–Crippen LogP) is 2.28. The van der Waals surface area contributed by atoms with Crippen molar-refractivity contribution in [3.8, 4) is 17.2 Å². The van der Waals surface area contributed by atoms with E-state index in [1.165, 1.54) is 6.07 Å². The first-order valence-corrected chi connectivity index (χ1v) is 6.54. The van der Waals surface area contributed by atoms with Crippen LogP contribution in [0.5, 0.6) is 0 Å². The number of nitriles is 1. The van der Waals surface area contributed by atoms with Crippen LogP contribution in [0.2, 0.25) is 0 Å². The summed E-state index contributed by atoms with van der Waals surface area (Å²) < 4.78 is 0. The molecule has 0 spiro atoms. The number of hydrazone groups is 1. The van der Waals surface area contributed by atoms with Gasteiger partial charge in [-0.3, -0.25) is 10.8 Å². The number of carboxylic acids is 1. The molecule has 0 amide bonds. The number of benzene rings is 2. The topological polar surface area (TPSA) is 135 Å². The highest BCUT2D eigenvalue weighted by Gasteiger charge is 2.15. The van der Waals surface area contributed by atoms with E-state index in [1.54, 1.807) is 42.5 Å². The molecule has 2 aromatic rings. The van der Waals surface area contributed by atoms with Gasteiger partial charge in [0.2, 0.25) is 5.71 Å². The molecule has 23 heavy (non-hydrogen) atoms. The highest BCUT2D eigenvalue weighted by molar-refractivity contribution is 6.45. The average molecular weight is 307 g/mol. The molecular weight excluding hydrogens is 294 g/mol. The molecule has 0 fully saturated rings. The van der Waals surface area contributed by atoms with Gasteiger partial charge < -0.3 is 10.8 Å². The molecule has 0 aliphatic rings. The Kier molecular flexibility index (Phi) is 4.69. The highest BCUT2D eigenvalue weighted by atomic mass is 16.4. The molecule has 0 aromatic heterocycles. The maximum absolute atomic E-state index is 11.5. The summed E-state index contributed by atoms with van der Waals surface area (Å²) in [5.74, 6) is -1.56. The lowest BCUT2D eigenvalue weighted by Crippen LogP contribution is -2.22. The molecule has 0 unspecified atom stereocenters. The quantitative estimate of drug-likeness (QED) is 0.382. The Hall–Kier alpha value is -3.66. The number of nitrogens with two attached hydrogens (primary N) is 1. The molecule has 0 saturated carbocycles. The molecule has 0 saturated heterocycles. The number of hydrogen-bond acceptors (Lipinski definition) is 5. The molecule has 0 heterocycles. The number of anilines is 1. The van der Waals surface area contributed by atoms with Crippen molar-refractivity contribution in [2.24, 2.45) is 10.8 Å². The summed E-state index contributed by atoms with van der Waals surface area (Å²) in [6, 6.07) is 15.3. The van der Waals surface area contributed by atoms with Crippen molar-refractivity contribution in [3.05, 3.63) is 54.1 Å². The maximum atomic E-state index is 11.5. The van der Waals surface area contributed by atoms with Gasteiger partial charge >= 0.3 is 5.97 Å². The van der Waals surface area contributed by atoms with Gasteiger partial charge in [-0.1, -0.05) is 36.4 Å². The minimum atomic E-state index is -1.08. The average Bonchev–Trinajstić information content (AvgIpc) is 2.55. The Morgan fingerprint density at radius 3 is 2.48 bits per heavy atom. The minimum absolute atomic E-state index is 0.0951. The highest BCUT2D eigenvalue weighted by Crippen LogP contribution is 2.31. The number of nitrogens with one attached hydrogen (secondary N) is 2. The summed E-state index contributed by atoms with van der Waals surface area (Å²) >= 11 is 0. The van der Waals surface area contributed by atoms with Crippen LogP contribution in [0, 0.1) is 16.7 Å². The first kappa shape index (κ1) is 15.7. The summed E-state index contributed by atoms with van der Waals surface area (Å²) in [4.78, 5) is 11.5. The van der Waals surface area contributed by atoms with E-state index in [-0.39, 0.29) is 11.3 Å². The molecule has 0 bridgehead atoms. The van der Waals surface area contributed by atoms with Gasteiger partial charge in [-0.2, -0.15) is 10.4 Å². The van der Waals surface area contributed by atoms with Crippen molar-refractivity contribution in [2.75, 3.05) is 5.43 Å². The van der Waals surface area contributed by atoms with Crippen LogP contribution in [0.3, 0.4) is 0 Å². The van der Waals surface area contributed by atoms with Crippen LogP contribution < -0.4 is 11.2 Å². The number of rotatable bonds is 5. The van der Waals surface area contributed by atoms with Gasteiger partial charge in [0.15, 0.2) is 5.84 Å². The second-order valence-electron chi connectivity index (χ2n) is 4.50. The lowest BCUT2D eigenvalue weighted by Gasteiger charge is -2.12. The summed E-state index contributed by atoms with van der Waals surface area (Å²) in [6.45, 7) is 0. The van der Waals surface area contributed by atoms with E-state index in [1.807, 2.05) is 6.07 Å². The van der Waals surface area contributed by atoms with E-state index in [0.717, 1.165) is 0 Å². The standard InChI is InChI=1S/C16H13N5O2/c17-9-13(15(18)19)21-20-12-8-4-7-11(16(22)23)14(12)10-5-2-1-3-6-10/h1-8,20H,(H3,18,19)(H,22,23)/b21-13+. The fourth-order valence-electron chi connectivity index (χ4n) is 2.00. The van der Waals surface area contributed by atoms with Crippen molar-refractivity contribution >= 4 is 23.2 Å². The molecule has 7 nitrogen and oxygen atoms in total. The van der Waals surface area contributed by atoms with E-state index < -0.39 is 11.8 Å². The molecule has 0 atom stereocenters. The molecule has 7 heteroatoms. The second-order valence-corrected chi connectivity index (χ2v) is 4.50. The third-order valence-electron chi connectivity index (χ3n) is 3.01. The molecule has 0 radical (unpaired) electrons. The van der Waals surface area contributed by atoms with Gasteiger partial charge in [0.05, 0.1) is 11.3 Å². The van der Waals surface area contributed by atoms with Gasteiger partial charge in [0.25, 0.3) is 0 Å². The summed E-state index contributed by atoms with van der Waals surface area (Å²) in [6.07, 6.45) is 0. The first-order valence-electron chi connectivity index (χ1n) is 6.54. The van der Waals surface area contributed by atoms with Crippen LogP contribution >= 0.6 is 0 Å². The Morgan fingerprint density at radius 2 is 1.91 bits per heavy atom. The minimum Gasteiger partial charge on any atom is -0.478 e. The van der Waals surface area contributed by atoms with Gasteiger partial charge in [0, 0.05) is 5.56 Å². The fourth-order valence-corrected chi connectivity index (χ4v) is 2.00. The number of hydrogen-bond donors (Lipinski definition) is 4. The summed E-state index contributed by atoms with van der Waals surface area (Å²) in [5, 5.41) is 29.3. The molecular formula is C16H13N5O2. The van der Waals surface area contributed by atoms with Crippen molar-refractivity contribution in [1.82, 2.24) is 0 Å². The van der Waals surface area contributed by atoms with Crippen LogP contribution in [-0.2, 0) is 0 Å². The molecule has 2 rings (SSSR count). The zero-order chi connectivity index (χ0) is 16.8. The van der Waals surface area contributed by atoms with E-state index in [4.69, 9.17) is 16.4 Å². The largest absolute Gasteiger partial charge is 0.478 e. The van der Waals surface area contributed by atoms with Crippen LogP contribution in [-0.4, -0.2) is 22.6 Å². The van der Waals surface area contributed by atoms with Crippen LogP contribution in [0.15, 0.2) is 53.6 Å². The third kappa shape index (κ3) is 3.51. The smallest absolute Gasteiger partial charge is 0.336 e.